The Morgan fingerprint density at radius 1 is 1.48 bits per heavy atom. The molecule has 2 atom stereocenters. The molecular formula is C16H20F3NO2S. The third-order valence-corrected chi connectivity index (χ3v) is 5.03. The lowest BCUT2D eigenvalue weighted by Gasteiger charge is -2.17. The molecule has 1 N–H and O–H groups in total. The van der Waals surface area contributed by atoms with Gasteiger partial charge in [-0.05, 0) is 31.0 Å². The molecule has 0 aliphatic carbocycles. The molecule has 1 fully saturated rings. The molecule has 1 saturated heterocycles. The van der Waals surface area contributed by atoms with Crippen LogP contribution in [0, 0.1) is 5.92 Å². The zero-order chi connectivity index (χ0) is 17.0. The van der Waals surface area contributed by atoms with Gasteiger partial charge in [0.2, 0.25) is 5.91 Å². The average Bonchev–Trinajstić information content (AvgIpc) is 3.02. The van der Waals surface area contributed by atoms with Crippen molar-refractivity contribution in [2.75, 3.05) is 18.5 Å². The minimum atomic E-state index is -4.51. The predicted molar refractivity (Wildman–Crippen MR) is 84.6 cm³/mol. The number of anilines is 1. The van der Waals surface area contributed by atoms with Crippen molar-refractivity contribution in [2.45, 2.75) is 43.0 Å². The number of carbonyl (C=O) groups excluding carboxylic acids is 1. The van der Waals surface area contributed by atoms with Crippen molar-refractivity contribution in [3.63, 3.8) is 0 Å². The fourth-order valence-electron chi connectivity index (χ4n) is 2.23. The Morgan fingerprint density at radius 3 is 2.78 bits per heavy atom. The molecule has 0 radical (unpaired) electrons. The molecular weight excluding hydrogens is 327 g/mol. The Kier molecular flexibility index (Phi) is 5.97. The van der Waals surface area contributed by atoms with Crippen LogP contribution in [0.25, 0.3) is 0 Å². The van der Waals surface area contributed by atoms with E-state index in [1.54, 1.807) is 6.07 Å². The number of alkyl halides is 3. The Balaban J connectivity index is 2.22. The Morgan fingerprint density at radius 2 is 2.22 bits per heavy atom. The summed E-state index contributed by atoms with van der Waals surface area (Å²) in [5, 5.41) is 2.63. The van der Waals surface area contributed by atoms with Crippen molar-refractivity contribution in [2.24, 2.45) is 5.92 Å². The third-order valence-electron chi connectivity index (χ3n) is 3.77. The summed E-state index contributed by atoms with van der Waals surface area (Å²) in [6.45, 7) is 4.68. The fourth-order valence-corrected chi connectivity index (χ4v) is 3.20. The summed E-state index contributed by atoms with van der Waals surface area (Å²) in [5.41, 5.74) is -0.999. The topological polar surface area (TPSA) is 38.3 Å². The second kappa shape index (κ2) is 7.57. The lowest BCUT2D eigenvalue weighted by Crippen LogP contribution is -2.24. The van der Waals surface area contributed by atoms with Crippen LogP contribution in [-0.4, -0.2) is 24.4 Å². The summed E-state index contributed by atoms with van der Waals surface area (Å²) in [7, 11) is 0. The van der Waals surface area contributed by atoms with E-state index in [0.717, 1.165) is 12.5 Å². The van der Waals surface area contributed by atoms with E-state index < -0.39 is 17.6 Å². The molecule has 1 amide bonds. The molecule has 3 nitrogen and oxygen atoms in total. The fraction of sp³-hybridized carbons (Fsp3) is 0.562. The molecule has 7 heteroatoms. The SMILES string of the molecule is CC[C@@H](C)Sc1ccc(NC(=O)[C@H]2CCOC2)c(C(F)(F)F)c1. The maximum absolute atomic E-state index is 13.3. The van der Waals surface area contributed by atoms with Gasteiger partial charge in [-0.25, -0.2) is 0 Å². The molecule has 128 valence electrons. The lowest BCUT2D eigenvalue weighted by atomic mass is 10.1. The van der Waals surface area contributed by atoms with Gasteiger partial charge in [0, 0.05) is 16.8 Å². The first-order chi connectivity index (χ1) is 10.8. The molecule has 0 bridgehead atoms. The largest absolute Gasteiger partial charge is 0.418 e. The second-order valence-corrected chi connectivity index (χ2v) is 7.10. The highest BCUT2D eigenvalue weighted by Crippen LogP contribution is 2.38. The predicted octanol–water partition coefficient (Wildman–Crippen LogP) is 4.57. The van der Waals surface area contributed by atoms with Crippen LogP contribution >= 0.6 is 11.8 Å². The zero-order valence-corrected chi connectivity index (χ0v) is 13.9. The monoisotopic (exact) mass is 347 g/mol. The lowest BCUT2D eigenvalue weighted by molar-refractivity contribution is -0.137. The van der Waals surface area contributed by atoms with E-state index in [1.165, 1.54) is 17.8 Å². The van der Waals surface area contributed by atoms with Gasteiger partial charge >= 0.3 is 6.18 Å². The molecule has 0 saturated carbocycles. The van der Waals surface area contributed by atoms with Gasteiger partial charge in [0.25, 0.3) is 0 Å². The number of hydrogen-bond donors (Lipinski definition) is 1. The zero-order valence-electron chi connectivity index (χ0n) is 13.1. The first kappa shape index (κ1) is 18.1. The number of thioether (sulfide) groups is 1. The minimum absolute atomic E-state index is 0.192. The van der Waals surface area contributed by atoms with Crippen molar-refractivity contribution in [3.05, 3.63) is 23.8 Å². The summed E-state index contributed by atoms with van der Waals surface area (Å²) in [6.07, 6.45) is -3.11. The van der Waals surface area contributed by atoms with Gasteiger partial charge in [-0.1, -0.05) is 13.8 Å². The van der Waals surface area contributed by atoms with E-state index in [1.807, 2.05) is 13.8 Å². The highest BCUT2D eigenvalue weighted by molar-refractivity contribution is 7.99. The van der Waals surface area contributed by atoms with E-state index in [-0.39, 0.29) is 23.5 Å². The molecule has 23 heavy (non-hydrogen) atoms. The number of benzene rings is 1. The number of ether oxygens (including phenoxy) is 1. The first-order valence-electron chi connectivity index (χ1n) is 7.57. The summed E-state index contributed by atoms with van der Waals surface area (Å²) in [6, 6.07) is 4.06. The number of halogens is 3. The Bertz CT molecular complexity index is 557. The molecule has 0 aromatic heterocycles. The summed E-state index contributed by atoms with van der Waals surface area (Å²) >= 11 is 1.39. The van der Waals surface area contributed by atoms with Crippen molar-refractivity contribution in [3.8, 4) is 0 Å². The van der Waals surface area contributed by atoms with Crippen molar-refractivity contribution in [1.82, 2.24) is 0 Å². The minimum Gasteiger partial charge on any atom is -0.381 e. The third kappa shape index (κ3) is 4.88. The molecule has 2 rings (SSSR count). The first-order valence-corrected chi connectivity index (χ1v) is 8.45. The van der Waals surface area contributed by atoms with Gasteiger partial charge in [-0.2, -0.15) is 13.2 Å². The molecule has 1 aromatic rings. The van der Waals surface area contributed by atoms with Crippen molar-refractivity contribution >= 4 is 23.4 Å². The highest BCUT2D eigenvalue weighted by Gasteiger charge is 2.35. The Hall–Kier alpha value is -1.21. The number of amides is 1. The molecule has 0 unspecified atom stereocenters. The molecule has 1 aromatic carbocycles. The second-order valence-electron chi connectivity index (χ2n) is 5.59. The quantitative estimate of drug-likeness (QED) is 0.793. The van der Waals surface area contributed by atoms with Crippen molar-refractivity contribution in [1.29, 1.82) is 0 Å². The molecule has 1 heterocycles. The standard InChI is InChI=1S/C16H20F3NO2S/c1-3-10(2)23-12-4-5-14(13(8-12)16(17,18)19)20-15(21)11-6-7-22-9-11/h4-5,8,10-11H,3,6-7,9H2,1-2H3,(H,20,21)/t10-,11+/m1/s1. The number of hydrogen-bond acceptors (Lipinski definition) is 3. The van der Waals surface area contributed by atoms with Crippen LogP contribution in [0.3, 0.4) is 0 Å². The van der Waals surface area contributed by atoms with E-state index in [4.69, 9.17) is 4.74 Å². The van der Waals surface area contributed by atoms with Gasteiger partial charge in [-0.15, -0.1) is 11.8 Å². The maximum atomic E-state index is 13.3. The van der Waals surface area contributed by atoms with Crippen LogP contribution in [-0.2, 0) is 15.7 Å². The molecule has 1 aliphatic rings. The van der Waals surface area contributed by atoms with Crippen LogP contribution in [0.1, 0.15) is 32.3 Å². The summed E-state index contributed by atoms with van der Waals surface area (Å²) < 4.78 is 45.0. The maximum Gasteiger partial charge on any atom is 0.418 e. The van der Waals surface area contributed by atoms with Crippen LogP contribution in [0.5, 0.6) is 0 Å². The van der Waals surface area contributed by atoms with Crippen LogP contribution in [0.2, 0.25) is 0 Å². The van der Waals surface area contributed by atoms with Crippen molar-refractivity contribution < 1.29 is 22.7 Å². The summed E-state index contributed by atoms with van der Waals surface area (Å²) in [5.74, 6) is -0.805. The highest BCUT2D eigenvalue weighted by atomic mass is 32.2. The molecule has 0 spiro atoms. The van der Waals surface area contributed by atoms with Gasteiger partial charge < -0.3 is 10.1 Å². The van der Waals surface area contributed by atoms with Crippen LogP contribution < -0.4 is 5.32 Å². The van der Waals surface area contributed by atoms with E-state index >= 15 is 0 Å². The van der Waals surface area contributed by atoms with Crippen LogP contribution in [0.4, 0.5) is 18.9 Å². The number of nitrogens with one attached hydrogen (secondary N) is 1. The normalized spacial score (nSPS) is 19.6. The van der Waals surface area contributed by atoms with Gasteiger partial charge in [0.1, 0.15) is 0 Å². The summed E-state index contributed by atoms with van der Waals surface area (Å²) in [4.78, 5) is 12.6. The Labute approximate surface area is 138 Å². The van der Waals surface area contributed by atoms with Gasteiger partial charge in [-0.3, -0.25) is 4.79 Å². The van der Waals surface area contributed by atoms with E-state index in [2.05, 4.69) is 5.32 Å². The van der Waals surface area contributed by atoms with Gasteiger partial charge in [0.15, 0.2) is 0 Å². The number of carbonyl (C=O) groups is 1. The average molecular weight is 347 g/mol. The van der Waals surface area contributed by atoms with E-state index in [0.29, 0.717) is 17.9 Å². The van der Waals surface area contributed by atoms with Crippen LogP contribution in [0.15, 0.2) is 23.1 Å². The smallest absolute Gasteiger partial charge is 0.381 e. The van der Waals surface area contributed by atoms with E-state index in [9.17, 15) is 18.0 Å². The van der Waals surface area contributed by atoms with Gasteiger partial charge in [0.05, 0.1) is 23.8 Å². The number of rotatable bonds is 5. The molecule has 1 aliphatic heterocycles.